The van der Waals surface area contributed by atoms with E-state index >= 15 is 0 Å². The highest BCUT2D eigenvalue weighted by Crippen LogP contribution is 2.31. The molecule has 0 aliphatic heterocycles. The first kappa shape index (κ1) is 12.1. The summed E-state index contributed by atoms with van der Waals surface area (Å²) in [5.41, 5.74) is 1.32. The molecule has 0 spiro atoms. The Labute approximate surface area is 94.1 Å². The molecule has 0 saturated heterocycles. The molecule has 0 unspecified atom stereocenters. The average molecular weight is 222 g/mol. The van der Waals surface area contributed by atoms with E-state index in [9.17, 15) is 4.79 Å². The molecule has 0 bridgehead atoms. The van der Waals surface area contributed by atoms with Crippen LogP contribution in [-0.2, 0) is 4.79 Å². The first-order chi connectivity index (χ1) is 7.51. The third kappa shape index (κ3) is 2.16. The number of rotatable bonds is 4. The second-order valence-corrected chi connectivity index (χ2v) is 3.29. The van der Waals surface area contributed by atoms with Crippen LogP contribution < -0.4 is 9.47 Å². The van der Waals surface area contributed by atoms with E-state index in [0.717, 1.165) is 5.56 Å². The van der Waals surface area contributed by atoms with Crippen molar-refractivity contribution in [3.8, 4) is 11.5 Å². The molecular weight excluding hydrogens is 208 g/mol. The number of benzene rings is 1. The van der Waals surface area contributed by atoms with E-state index in [1.165, 1.54) is 14.2 Å². The minimum atomic E-state index is -1.06. The zero-order valence-electron chi connectivity index (χ0n) is 9.53. The third-order valence-corrected chi connectivity index (χ3v) is 2.36. The maximum atomic E-state index is 10.8. The van der Waals surface area contributed by atoms with Crippen molar-refractivity contribution in [3.05, 3.63) is 29.8 Å². The Morgan fingerprint density at radius 2 is 1.69 bits per heavy atom. The molecule has 0 amide bonds. The molecule has 0 aliphatic carbocycles. The van der Waals surface area contributed by atoms with Crippen LogP contribution in [0.15, 0.2) is 18.7 Å². The summed E-state index contributed by atoms with van der Waals surface area (Å²) in [6.07, 6.45) is 0. The smallest absolute Gasteiger partial charge is 0.335 e. The molecule has 1 rings (SSSR count). The molecule has 86 valence electrons. The van der Waals surface area contributed by atoms with Gasteiger partial charge in [0, 0.05) is 5.56 Å². The van der Waals surface area contributed by atoms with Crippen molar-refractivity contribution < 1.29 is 19.4 Å². The fraction of sp³-hybridized carbons (Fsp3) is 0.250. The van der Waals surface area contributed by atoms with Gasteiger partial charge in [-0.2, -0.15) is 0 Å². The van der Waals surface area contributed by atoms with Crippen LogP contribution in [0, 0.1) is 6.92 Å². The molecule has 0 aliphatic rings. The molecule has 0 fully saturated rings. The molecular formula is C12H14O4. The normalized spacial score (nSPS) is 9.69. The van der Waals surface area contributed by atoms with E-state index in [2.05, 4.69) is 6.58 Å². The molecule has 0 aromatic heterocycles. The lowest BCUT2D eigenvalue weighted by Gasteiger charge is -2.12. The highest BCUT2D eigenvalue weighted by molar-refractivity contribution is 6.14. The summed E-state index contributed by atoms with van der Waals surface area (Å²) >= 11 is 0. The number of carboxylic acids is 1. The molecule has 0 heterocycles. The van der Waals surface area contributed by atoms with Gasteiger partial charge < -0.3 is 14.6 Å². The van der Waals surface area contributed by atoms with Gasteiger partial charge >= 0.3 is 5.97 Å². The maximum Gasteiger partial charge on any atom is 0.335 e. The van der Waals surface area contributed by atoms with E-state index in [1.807, 2.05) is 6.92 Å². The van der Waals surface area contributed by atoms with Crippen LogP contribution in [0.2, 0.25) is 0 Å². The van der Waals surface area contributed by atoms with Gasteiger partial charge in [-0.15, -0.1) is 0 Å². The van der Waals surface area contributed by atoms with Crippen LogP contribution in [-0.4, -0.2) is 25.3 Å². The van der Waals surface area contributed by atoms with Crippen molar-refractivity contribution in [2.45, 2.75) is 6.92 Å². The molecule has 4 nitrogen and oxygen atoms in total. The van der Waals surface area contributed by atoms with Crippen molar-refractivity contribution in [2.24, 2.45) is 0 Å². The quantitative estimate of drug-likeness (QED) is 0.793. The summed E-state index contributed by atoms with van der Waals surface area (Å²) in [6, 6.07) is 3.27. The Kier molecular flexibility index (Phi) is 3.55. The lowest BCUT2D eigenvalue weighted by atomic mass is 10.0. The Balaban J connectivity index is 3.32. The zero-order chi connectivity index (χ0) is 12.3. The van der Waals surface area contributed by atoms with Gasteiger partial charge in [-0.3, -0.25) is 0 Å². The molecule has 1 aromatic carbocycles. The summed E-state index contributed by atoms with van der Waals surface area (Å²) < 4.78 is 10.3. The lowest BCUT2D eigenvalue weighted by Crippen LogP contribution is -2.00. The summed E-state index contributed by atoms with van der Waals surface area (Å²) in [7, 11) is 3.05. The lowest BCUT2D eigenvalue weighted by molar-refractivity contribution is -0.130. The van der Waals surface area contributed by atoms with E-state index < -0.39 is 5.97 Å². The van der Waals surface area contributed by atoms with Crippen LogP contribution in [0.5, 0.6) is 11.5 Å². The summed E-state index contributed by atoms with van der Waals surface area (Å²) in [6.45, 7) is 5.33. The minimum Gasteiger partial charge on any atom is -0.496 e. The van der Waals surface area contributed by atoms with E-state index in [4.69, 9.17) is 14.6 Å². The Morgan fingerprint density at radius 1 is 1.25 bits per heavy atom. The summed E-state index contributed by atoms with van der Waals surface area (Å²) in [5, 5.41) is 8.85. The van der Waals surface area contributed by atoms with Crippen molar-refractivity contribution in [1.82, 2.24) is 0 Å². The molecule has 1 N–H and O–H groups in total. The van der Waals surface area contributed by atoms with Gasteiger partial charge in [0.05, 0.1) is 19.8 Å². The first-order valence-corrected chi connectivity index (χ1v) is 4.66. The van der Waals surface area contributed by atoms with Crippen molar-refractivity contribution in [3.63, 3.8) is 0 Å². The third-order valence-electron chi connectivity index (χ3n) is 2.36. The van der Waals surface area contributed by atoms with Crippen LogP contribution in [0.3, 0.4) is 0 Å². The number of aliphatic carboxylic acids is 1. The highest BCUT2D eigenvalue weighted by atomic mass is 16.5. The van der Waals surface area contributed by atoms with E-state index in [0.29, 0.717) is 17.1 Å². The predicted molar refractivity (Wildman–Crippen MR) is 61.0 cm³/mol. The standard InChI is InChI=1S/C12H14O4/c1-7(12(13)14)9-5-10(15-3)8(2)11(6-9)16-4/h5-6H,1H2,2-4H3,(H,13,14). The Morgan fingerprint density at radius 3 is 2.00 bits per heavy atom. The highest BCUT2D eigenvalue weighted by Gasteiger charge is 2.13. The van der Waals surface area contributed by atoms with Crippen LogP contribution in [0.4, 0.5) is 0 Å². The monoisotopic (exact) mass is 222 g/mol. The van der Waals surface area contributed by atoms with Gasteiger partial charge in [0.2, 0.25) is 0 Å². The van der Waals surface area contributed by atoms with Crippen LogP contribution in [0.25, 0.3) is 5.57 Å². The van der Waals surface area contributed by atoms with Gasteiger partial charge in [-0.25, -0.2) is 4.79 Å². The zero-order valence-corrected chi connectivity index (χ0v) is 9.53. The molecule has 0 atom stereocenters. The summed E-state index contributed by atoms with van der Waals surface area (Å²) in [4.78, 5) is 10.8. The van der Waals surface area contributed by atoms with Gasteiger partial charge in [-0.05, 0) is 24.6 Å². The summed E-state index contributed by atoms with van der Waals surface area (Å²) in [5.74, 6) is 0.0986. The second-order valence-electron chi connectivity index (χ2n) is 3.29. The minimum absolute atomic E-state index is 0.0107. The van der Waals surface area contributed by atoms with Gasteiger partial charge in [0.15, 0.2) is 0 Å². The second kappa shape index (κ2) is 4.70. The predicted octanol–water partition coefficient (Wildman–Crippen LogP) is 2.11. The van der Waals surface area contributed by atoms with Gasteiger partial charge in [-0.1, -0.05) is 6.58 Å². The fourth-order valence-corrected chi connectivity index (χ4v) is 1.38. The molecule has 4 heteroatoms. The first-order valence-electron chi connectivity index (χ1n) is 4.66. The topological polar surface area (TPSA) is 55.8 Å². The Bertz CT molecular complexity index is 410. The van der Waals surface area contributed by atoms with Crippen molar-refractivity contribution in [2.75, 3.05) is 14.2 Å². The van der Waals surface area contributed by atoms with Crippen LogP contribution in [0.1, 0.15) is 11.1 Å². The molecule has 0 radical (unpaired) electrons. The number of hydrogen-bond acceptors (Lipinski definition) is 3. The SMILES string of the molecule is C=C(C(=O)O)c1cc(OC)c(C)c(OC)c1. The molecule has 16 heavy (non-hydrogen) atoms. The molecule has 0 saturated carbocycles. The van der Waals surface area contributed by atoms with Crippen molar-refractivity contribution >= 4 is 11.5 Å². The number of hydrogen-bond donors (Lipinski definition) is 1. The number of methoxy groups -OCH3 is 2. The fourth-order valence-electron chi connectivity index (χ4n) is 1.38. The maximum absolute atomic E-state index is 10.8. The largest absolute Gasteiger partial charge is 0.496 e. The Hall–Kier alpha value is -1.97. The van der Waals surface area contributed by atoms with Crippen molar-refractivity contribution in [1.29, 1.82) is 0 Å². The van der Waals surface area contributed by atoms with E-state index in [1.54, 1.807) is 12.1 Å². The average Bonchev–Trinajstić information content (AvgIpc) is 2.28. The molecule has 1 aromatic rings. The number of carboxylic acid groups (broad SMARTS) is 1. The van der Waals surface area contributed by atoms with Gasteiger partial charge in [0.25, 0.3) is 0 Å². The number of ether oxygens (including phenoxy) is 2. The van der Waals surface area contributed by atoms with E-state index in [-0.39, 0.29) is 5.57 Å². The van der Waals surface area contributed by atoms with Gasteiger partial charge in [0.1, 0.15) is 11.5 Å². The number of carbonyl (C=O) groups is 1. The van der Waals surface area contributed by atoms with Crippen LogP contribution >= 0.6 is 0 Å².